The molecule has 1 aromatic carbocycles. The Bertz CT molecular complexity index is 943. The van der Waals surface area contributed by atoms with Crippen LogP contribution in [-0.4, -0.2) is 75.7 Å². The first-order chi connectivity index (χ1) is 16.5. The van der Waals surface area contributed by atoms with Gasteiger partial charge in [-0.15, -0.1) is 0 Å². The van der Waals surface area contributed by atoms with Gasteiger partial charge in [-0.1, -0.05) is 55.3 Å². The molecule has 0 aromatic heterocycles. The molecule has 0 aliphatic carbocycles. The van der Waals surface area contributed by atoms with E-state index in [-0.39, 0.29) is 0 Å². The van der Waals surface area contributed by atoms with Gasteiger partial charge >= 0.3 is 0 Å². The summed E-state index contributed by atoms with van der Waals surface area (Å²) in [7, 11) is -3.01. The highest BCUT2D eigenvalue weighted by Crippen LogP contribution is 2.70. The normalized spacial score (nSPS) is 20.3. The first kappa shape index (κ1) is 30.3. The van der Waals surface area contributed by atoms with Gasteiger partial charge in [-0.25, -0.2) is 8.42 Å². The van der Waals surface area contributed by atoms with Gasteiger partial charge in [0.2, 0.25) is 15.9 Å². The van der Waals surface area contributed by atoms with Crippen molar-refractivity contribution >= 4 is 33.7 Å². The molecule has 35 heavy (non-hydrogen) atoms. The van der Waals surface area contributed by atoms with Gasteiger partial charge in [0.15, 0.2) is 6.34 Å². The summed E-state index contributed by atoms with van der Waals surface area (Å²) in [5, 5.41) is -0.944. The maximum Gasteiger partial charge on any atom is 0.232 e. The second-order valence-corrected chi connectivity index (χ2v) is 17.1. The lowest BCUT2D eigenvalue weighted by Gasteiger charge is -2.38. The maximum atomic E-state index is 13.2. The van der Waals surface area contributed by atoms with E-state index < -0.39 is 27.4 Å². The van der Waals surface area contributed by atoms with Crippen molar-refractivity contribution in [1.29, 1.82) is 0 Å². The maximum absolute atomic E-state index is 13.2. The zero-order chi connectivity index (χ0) is 26.0. The van der Waals surface area contributed by atoms with Gasteiger partial charge in [0.1, 0.15) is 5.16 Å². The van der Waals surface area contributed by atoms with Crippen molar-refractivity contribution in [1.82, 2.24) is 4.31 Å². The molecule has 2 fully saturated rings. The highest BCUT2D eigenvalue weighted by atomic mass is 32.7. The van der Waals surface area contributed by atoms with Gasteiger partial charge in [0.05, 0.1) is 19.0 Å². The number of primary amides is 1. The topological polar surface area (TPSA) is 116 Å². The van der Waals surface area contributed by atoms with E-state index in [4.69, 9.17) is 15.2 Å². The van der Waals surface area contributed by atoms with Crippen LogP contribution in [0.4, 0.5) is 0 Å². The highest BCUT2D eigenvalue weighted by Gasteiger charge is 2.51. The second-order valence-electron chi connectivity index (χ2n) is 9.15. The van der Waals surface area contributed by atoms with Crippen LogP contribution in [-0.2, 0) is 28.9 Å². The third-order valence-electron chi connectivity index (χ3n) is 6.48. The fourth-order valence-electron chi connectivity index (χ4n) is 4.11. The SMILES string of the molecule is CCCCCCS(=O)(=O)N1CCOCC1.Cc1ccc(SP(C)(=O)C2(C(N)=O)CCOCC2)cc1. The Hall–Kier alpha value is -0.900. The minimum Gasteiger partial charge on any atom is -0.381 e. The summed E-state index contributed by atoms with van der Waals surface area (Å²) >= 11 is 1.29. The number of nitrogens with zero attached hydrogens (tertiary/aromatic N) is 1. The van der Waals surface area contributed by atoms with Crippen LogP contribution < -0.4 is 5.73 Å². The standard InChI is InChI=1S/C14H20NO3PS.C10H21NO3S/c1-11-3-5-12(6-4-11)20-19(2,17)14(13(15)16)7-9-18-10-8-14;1-2-3-4-5-10-15(12,13)11-6-8-14-9-7-11/h3-6H,7-10H2,1-2H3,(H2,15,16);2-10H2,1H3. The van der Waals surface area contributed by atoms with E-state index in [1.807, 2.05) is 31.2 Å². The summed E-state index contributed by atoms with van der Waals surface area (Å²) in [5.41, 5.74) is 6.74. The molecule has 1 unspecified atom stereocenters. The van der Waals surface area contributed by atoms with Crippen LogP contribution in [0.5, 0.6) is 0 Å². The average molecular weight is 549 g/mol. The quantitative estimate of drug-likeness (QED) is 0.343. The average Bonchev–Trinajstić information content (AvgIpc) is 2.84. The minimum absolute atomic E-state index is 0.299. The lowest BCUT2D eigenvalue weighted by Crippen LogP contribution is -2.47. The number of carbonyl (C=O) groups excluding carboxylic acids is 1. The molecule has 1 atom stereocenters. The Morgan fingerprint density at radius 2 is 1.63 bits per heavy atom. The molecule has 200 valence electrons. The van der Waals surface area contributed by atoms with Crippen molar-refractivity contribution < 1.29 is 27.3 Å². The number of nitrogens with two attached hydrogens (primary N) is 1. The van der Waals surface area contributed by atoms with Crippen molar-refractivity contribution in [2.45, 2.75) is 62.4 Å². The number of carbonyl (C=O) groups is 1. The van der Waals surface area contributed by atoms with Crippen molar-refractivity contribution in [3.63, 3.8) is 0 Å². The predicted octanol–water partition coefficient (Wildman–Crippen LogP) is 4.26. The van der Waals surface area contributed by atoms with E-state index in [2.05, 4.69) is 6.92 Å². The Balaban J connectivity index is 0.000000258. The molecule has 1 aromatic rings. The molecule has 2 N–H and O–H groups in total. The second kappa shape index (κ2) is 14.1. The Kier molecular flexibility index (Phi) is 12.3. The Morgan fingerprint density at radius 3 is 2.17 bits per heavy atom. The smallest absolute Gasteiger partial charge is 0.232 e. The number of rotatable bonds is 10. The van der Waals surface area contributed by atoms with Gasteiger partial charge in [-0.3, -0.25) is 4.79 Å². The van der Waals surface area contributed by atoms with Gasteiger partial charge < -0.3 is 19.8 Å². The van der Waals surface area contributed by atoms with Gasteiger partial charge in [0.25, 0.3) is 0 Å². The lowest BCUT2D eigenvalue weighted by molar-refractivity contribution is -0.122. The van der Waals surface area contributed by atoms with E-state index in [9.17, 15) is 17.8 Å². The highest BCUT2D eigenvalue weighted by molar-refractivity contribution is 8.58. The number of amides is 1. The number of morpholine rings is 1. The van der Waals surface area contributed by atoms with E-state index >= 15 is 0 Å². The summed E-state index contributed by atoms with van der Waals surface area (Å²) in [4.78, 5) is 12.9. The number of ether oxygens (including phenoxy) is 2. The number of sulfonamides is 1. The number of hydrogen-bond acceptors (Lipinski definition) is 7. The third kappa shape index (κ3) is 8.86. The summed E-state index contributed by atoms with van der Waals surface area (Å²) in [5.74, 6) is -0.168. The molecule has 1 amide bonds. The van der Waals surface area contributed by atoms with Crippen LogP contribution in [0.2, 0.25) is 0 Å². The Morgan fingerprint density at radius 1 is 1.06 bits per heavy atom. The van der Waals surface area contributed by atoms with Crippen molar-refractivity contribution in [2.75, 3.05) is 51.9 Å². The van der Waals surface area contributed by atoms with Gasteiger partial charge in [0, 0.05) is 31.2 Å². The zero-order valence-corrected chi connectivity index (χ0v) is 23.8. The van der Waals surface area contributed by atoms with Crippen LogP contribution in [0.25, 0.3) is 0 Å². The first-order valence-corrected chi connectivity index (χ1v) is 17.5. The van der Waals surface area contributed by atoms with Gasteiger partial charge in [-0.05, 0) is 45.0 Å². The van der Waals surface area contributed by atoms with Crippen LogP contribution >= 0.6 is 17.7 Å². The molecular formula is C24H41N2O6PS2. The molecule has 3 rings (SSSR count). The predicted molar refractivity (Wildman–Crippen MR) is 143 cm³/mol. The number of aryl methyl sites for hydroxylation is 1. The van der Waals surface area contributed by atoms with E-state index in [1.165, 1.54) is 11.4 Å². The molecule has 0 bridgehead atoms. The summed E-state index contributed by atoms with van der Waals surface area (Å²) < 4.78 is 48.8. The van der Waals surface area contributed by atoms with Crippen molar-refractivity contribution in [3.05, 3.63) is 29.8 Å². The van der Waals surface area contributed by atoms with Crippen LogP contribution in [0.1, 0.15) is 51.0 Å². The summed E-state index contributed by atoms with van der Waals surface area (Å²) in [6.07, 6.45) is 2.11. The molecule has 11 heteroatoms. The Labute approximate surface area is 214 Å². The molecule has 0 saturated carbocycles. The molecule has 2 aliphatic heterocycles. The molecule has 2 saturated heterocycles. The minimum atomic E-state index is -3.01. The fraction of sp³-hybridized carbons (Fsp3) is 0.708. The van der Waals surface area contributed by atoms with E-state index in [0.29, 0.717) is 58.1 Å². The summed E-state index contributed by atoms with van der Waals surface area (Å²) in [6, 6.07) is 7.82. The lowest BCUT2D eigenvalue weighted by atomic mass is 9.98. The van der Waals surface area contributed by atoms with Crippen LogP contribution in [0.3, 0.4) is 0 Å². The van der Waals surface area contributed by atoms with E-state index in [1.54, 1.807) is 11.0 Å². The largest absolute Gasteiger partial charge is 0.381 e. The molecule has 8 nitrogen and oxygen atoms in total. The number of benzene rings is 1. The molecule has 0 spiro atoms. The summed E-state index contributed by atoms with van der Waals surface area (Å²) in [6.45, 7) is 8.80. The van der Waals surface area contributed by atoms with Crippen molar-refractivity contribution in [3.8, 4) is 0 Å². The number of hydrogen-bond donors (Lipinski definition) is 1. The third-order valence-corrected chi connectivity index (χ3v) is 14.2. The van der Waals surface area contributed by atoms with Crippen LogP contribution in [0.15, 0.2) is 29.2 Å². The monoisotopic (exact) mass is 548 g/mol. The fourth-order valence-corrected chi connectivity index (χ4v) is 10.8. The van der Waals surface area contributed by atoms with E-state index in [0.717, 1.165) is 36.1 Å². The first-order valence-electron chi connectivity index (χ1n) is 12.3. The molecule has 0 radical (unpaired) electrons. The van der Waals surface area contributed by atoms with Gasteiger partial charge in [-0.2, -0.15) is 4.31 Å². The zero-order valence-electron chi connectivity index (χ0n) is 21.2. The van der Waals surface area contributed by atoms with Crippen molar-refractivity contribution in [2.24, 2.45) is 5.73 Å². The molecular weight excluding hydrogens is 507 g/mol. The number of unbranched alkanes of at least 4 members (excludes halogenated alkanes) is 3. The molecule has 2 aliphatic rings. The molecule has 2 heterocycles. The van der Waals surface area contributed by atoms with Crippen LogP contribution in [0, 0.1) is 6.92 Å².